The Balaban J connectivity index is 1.98. The summed E-state index contributed by atoms with van der Waals surface area (Å²) in [6, 6.07) is 8.37. The van der Waals surface area contributed by atoms with Crippen LogP contribution in [0.1, 0.15) is 29.7 Å². The molecule has 1 aliphatic heterocycles. The summed E-state index contributed by atoms with van der Waals surface area (Å²) in [6.07, 6.45) is -0.227. The highest BCUT2D eigenvalue weighted by Gasteiger charge is 2.29. The van der Waals surface area contributed by atoms with Crippen LogP contribution in [0.4, 0.5) is 8.78 Å². The predicted molar refractivity (Wildman–Crippen MR) is 74.3 cm³/mol. The number of halogens is 2. The van der Waals surface area contributed by atoms with E-state index in [0.717, 1.165) is 23.8 Å². The molecule has 2 N–H and O–H groups in total. The van der Waals surface area contributed by atoms with E-state index in [-0.39, 0.29) is 11.6 Å². The van der Waals surface area contributed by atoms with Crippen LogP contribution in [0.2, 0.25) is 0 Å². The summed E-state index contributed by atoms with van der Waals surface area (Å²) in [5.41, 5.74) is 7.13. The predicted octanol–water partition coefficient (Wildman–Crippen LogP) is 3.50. The SMILES string of the molecule is COc1ccc2c(c1)OC(c1cc(F)ccc1F)C[C@H]2N. The van der Waals surface area contributed by atoms with E-state index in [1.807, 2.05) is 6.07 Å². The molecular formula is C16H15F2NO2. The van der Waals surface area contributed by atoms with Crippen molar-refractivity contribution in [2.45, 2.75) is 18.6 Å². The fourth-order valence-corrected chi connectivity index (χ4v) is 2.56. The van der Waals surface area contributed by atoms with Crippen LogP contribution in [0.5, 0.6) is 11.5 Å². The molecule has 1 aliphatic rings. The second-order valence-corrected chi connectivity index (χ2v) is 5.02. The molecule has 2 atom stereocenters. The third-order valence-corrected chi connectivity index (χ3v) is 3.66. The topological polar surface area (TPSA) is 44.5 Å². The van der Waals surface area contributed by atoms with E-state index in [2.05, 4.69) is 0 Å². The molecule has 0 aliphatic carbocycles. The number of methoxy groups -OCH3 is 1. The van der Waals surface area contributed by atoms with Crippen LogP contribution >= 0.6 is 0 Å². The van der Waals surface area contributed by atoms with Crippen molar-refractivity contribution in [1.29, 1.82) is 0 Å². The molecule has 1 heterocycles. The fourth-order valence-electron chi connectivity index (χ4n) is 2.56. The van der Waals surface area contributed by atoms with Gasteiger partial charge in [-0.05, 0) is 24.3 Å². The highest BCUT2D eigenvalue weighted by Crippen LogP contribution is 2.41. The van der Waals surface area contributed by atoms with Crippen molar-refractivity contribution in [3.8, 4) is 11.5 Å². The molecule has 2 aromatic carbocycles. The first kappa shape index (κ1) is 13.8. The highest BCUT2D eigenvalue weighted by atomic mass is 19.1. The molecule has 2 aromatic rings. The van der Waals surface area contributed by atoms with Gasteiger partial charge in [-0.25, -0.2) is 8.78 Å². The number of hydrogen-bond acceptors (Lipinski definition) is 3. The van der Waals surface area contributed by atoms with Gasteiger partial charge >= 0.3 is 0 Å². The maximum Gasteiger partial charge on any atom is 0.130 e. The van der Waals surface area contributed by atoms with E-state index in [1.54, 1.807) is 19.2 Å². The number of rotatable bonds is 2. The van der Waals surface area contributed by atoms with Gasteiger partial charge < -0.3 is 15.2 Å². The van der Waals surface area contributed by atoms with Crippen molar-refractivity contribution in [3.63, 3.8) is 0 Å². The number of benzene rings is 2. The van der Waals surface area contributed by atoms with Crippen LogP contribution < -0.4 is 15.2 Å². The molecule has 0 amide bonds. The largest absolute Gasteiger partial charge is 0.497 e. The van der Waals surface area contributed by atoms with Gasteiger partial charge in [0.25, 0.3) is 0 Å². The molecule has 1 unspecified atom stereocenters. The fraction of sp³-hybridized carbons (Fsp3) is 0.250. The molecule has 0 fully saturated rings. The molecule has 21 heavy (non-hydrogen) atoms. The smallest absolute Gasteiger partial charge is 0.130 e. The van der Waals surface area contributed by atoms with Crippen LogP contribution in [0, 0.1) is 11.6 Å². The van der Waals surface area contributed by atoms with Crippen LogP contribution in [0.15, 0.2) is 36.4 Å². The third kappa shape index (κ3) is 2.56. The van der Waals surface area contributed by atoms with Crippen LogP contribution in [-0.4, -0.2) is 7.11 Å². The van der Waals surface area contributed by atoms with Gasteiger partial charge in [-0.15, -0.1) is 0 Å². The summed E-state index contributed by atoms with van der Waals surface area (Å²) in [6.45, 7) is 0. The van der Waals surface area contributed by atoms with Crippen molar-refractivity contribution in [2.75, 3.05) is 7.11 Å². The second-order valence-electron chi connectivity index (χ2n) is 5.02. The lowest BCUT2D eigenvalue weighted by atomic mass is 9.93. The van der Waals surface area contributed by atoms with Crippen molar-refractivity contribution in [1.82, 2.24) is 0 Å². The quantitative estimate of drug-likeness (QED) is 0.921. The Bertz CT molecular complexity index is 675. The number of hydrogen-bond donors (Lipinski definition) is 1. The Morgan fingerprint density at radius 2 is 1.95 bits per heavy atom. The standard InChI is InChI=1S/C16H15F2NO2/c1-20-10-3-4-11-14(19)8-16(21-15(11)7-10)12-6-9(17)2-5-13(12)18/h2-7,14,16H,8,19H2,1H3/t14-,16?/m1/s1. The van der Waals surface area contributed by atoms with Crippen molar-refractivity contribution < 1.29 is 18.3 Å². The van der Waals surface area contributed by atoms with Crippen molar-refractivity contribution in [2.24, 2.45) is 5.73 Å². The van der Waals surface area contributed by atoms with Crippen LogP contribution in [-0.2, 0) is 0 Å². The Kier molecular flexibility index (Phi) is 3.51. The lowest BCUT2D eigenvalue weighted by molar-refractivity contribution is 0.156. The molecule has 0 aromatic heterocycles. The van der Waals surface area contributed by atoms with Gasteiger partial charge in [-0.3, -0.25) is 0 Å². The zero-order valence-corrected chi connectivity index (χ0v) is 11.5. The molecule has 5 heteroatoms. The van der Waals surface area contributed by atoms with E-state index in [0.29, 0.717) is 17.9 Å². The minimum absolute atomic E-state index is 0.180. The second kappa shape index (κ2) is 5.33. The van der Waals surface area contributed by atoms with E-state index in [4.69, 9.17) is 15.2 Å². The van der Waals surface area contributed by atoms with Gasteiger partial charge in [0.15, 0.2) is 0 Å². The Morgan fingerprint density at radius 1 is 1.14 bits per heavy atom. The lowest BCUT2D eigenvalue weighted by Crippen LogP contribution is -2.24. The monoisotopic (exact) mass is 291 g/mol. The molecule has 110 valence electrons. The Hall–Kier alpha value is -2.14. The molecule has 3 rings (SSSR count). The number of ether oxygens (including phenoxy) is 2. The number of nitrogens with two attached hydrogens (primary N) is 1. The molecule has 0 saturated heterocycles. The lowest BCUT2D eigenvalue weighted by Gasteiger charge is -2.31. The Labute approximate surface area is 121 Å². The average molecular weight is 291 g/mol. The molecule has 0 saturated carbocycles. The zero-order valence-electron chi connectivity index (χ0n) is 11.5. The van der Waals surface area contributed by atoms with Crippen LogP contribution in [0.3, 0.4) is 0 Å². The van der Waals surface area contributed by atoms with E-state index >= 15 is 0 Å². The zero-order chi connectivity index (χ0) is 15.0. The minimum Gasteiger partial charge on any atom is -0.497 e. The summed E-state index contributed by atoms with van der Waals surface area (Å²) in [5.74, 6) is 0.169. The van der Waals surface area contributed by atoms with Crippen molar-refractivity contribution in [3.05, 3.63) is 59.2 Å². The molecule has 0 spiro atoms. The molecule has 3 nitrogen and oxygen atoms in total. The summed E-state index contributed by atoms with van der Waals surface area (Å²) >= 11 is 0. The van der Waals surface area contributed by atoms with E-state index < -0.39 is 17.7 Å². The van der Waals surface area contributed by atoms with Gasteiger partial charge in [-0.2, -0.15) is 0 Å². The van der Waals surface area contributed by atoms with Gasteiger partial charge in [0.05, 0.1) is 7.11 Å². The first-order valence-corrected chi connectivity index (χ1v) is 6.63. The van der Waals surface area contributed by atoms with Gasteiger partial charge in [-0.1, -0.05) is 6.07 Å². The van der Waals surface area contributed by atoms with Gasteiger partial charge in [0.2, 0.25) is 0 Å². The summed E-state index contributed by atoms with van der Waals surface area (Å²) in [5, 5.41) is 0. The van der Waals surface area contributed by atoms with E-state index in [9.17, 15) is 8.78 Å². The highest BCUT2D eigenvalue weighted by molar-refractivity contribution is 5.44. The average Bonchev–Trinajstić information content (AvgIpc) is 2.49. The molecular weight excluding hydrogens is 276 g/mol. The molecule has 0 radical (unpaired) electrons. The summed E-state index contributed by atoms with van der Waals surface area (Å²) < 4.78 is 38.2. The van der Waals surface area contributed by atoms with Gasteiger partial charge in [0, 0.05) is 29.7 Å². The first-order chi connectivity index (χ1) is 10.1. The maximum atomic E-state index is 13.9. The molecule has 0 bridgehead atoms. The van der Waals surface area contributed by atoms with Crippen LogP contribution in [0.25, 0.3) is 0 Å². The first-order valence-electron chi connectivity index (χ1n) is 6.63. The van der Waals surface area contributed by atoms with E-state index in [1.165, 1.54) is 0 Å². The normalized spacial score (nSPS) is 20.6. The number of fused-ring (bicyclic) bond motifs is 1. The minimum atomic E-state index is -0.615. The maximum absolute atomic E-state index is 13.9. The van der Waals surface area contributed by atoms with Crippen molar-refractivity contribution >= 4 is 0 Å². The van der Waals surface area contributed by atoms with Gasteiger partial charge in [0.1, 0.15) is 29.2 Å². The summed E-state index contributed by atoms with van der Waals surface area (Å²) in [4.78, 5) is 0. The Morgan fingerprint density at radius 3 is 2.71 bits per heavy atom. The summed E-state index contributed by atoms with van der Waals surface area (Å²) in [7, 11) is 1.55. The third-order valence-electron chi connectivity index (χ3n) is 3.66.